The molecule has 0 spiro atoms. The first-order valence-electron chi connectivity index (χ1n) is 7.20. The van der Waals surface area contributed by atoms with Crippen molar-refractivity contribution in [2.24, 2.45) is 5.73 Å². The first kappa shape index (κ1) is 16.6. The largest absolute Gasteiger partial charge is 0.348 e. The minimum atomic E-state index is -0.671. The van der Waals surface area contributed by atoms with Crippen LogP contribution in [0, 0.1) is 6.92 Å². The molecule has 3 N–H and O–H groups in total. The maximum Gasteiger partial charge on any atom is 0.241 e. The Labute approximate surface area is 135 Å². The van der Waals surface area contributed by atoms with Crippen molar-refractivity contribution in [1.82, 2.24) is 15.5 Å². The zero-order valence-electron chi connectivity index (χ0n) is 13.4. The Morgan fingerprint density at radius 3 is 2.45 bits per heavy atom. The Kier molecular flexibility index (Phi) is 4.93. The molecule has 5 nitrogen and oxygen atoms in total. The van der Waals surface area contributed by atoms with Crippen molar-refractivity contribution < 1.29 is 4.79 Å². The monoisotopic (exact) mass is 318 g/mol. The summed E-state index contributed by atoms with van der Waals surface area (Å²) in [5, 5.41) is 12.8. The topological polar surface area (TPSA) is 80.9 Å². The highest BCUT2D eigenvalue weighted by molar-refractivity contribution is 7.11. The van der Waals surface area contributed by atoms with Crippen molar-refractivity contribution >= 4 is 17.2 Å². The van der Waals surface area contributed by atoms with Crippen LogP contribution in [0.5, 0.6) is 0 Å². The first-order chi connectivity index (χ1) is 10.3. The molecule has 2 aromatic rings. The van der Waals surface area contributed by atoms with E-state index in [4.69, 9.17) is 5.73 Å². The molecule has 0 aliphatic rings. The molecule has 2 rings (SSSR count). The van der Waals surface area contributed by atoms with Gasteiger partial charge in [0.2, 0.25) is 5.91 Å². The molecule has 0 bridgehead atoms. The fourth-order valence-electron chi connectivity index (χ4n) is 1.83. The van der Waals surface area contributed by atoms with Crippen LogP contribution in [0.1, 0.15) is 48.0 Å². The van der Waals surface area contributed by atoms with Crippen LogP contribution in [0.15, 0.2) is 24.3 Å². The van der Waals surface area contributed by atoms with Crippen LogP contribution in [-0.2, 0) is 16.8 Å². The lowest BCUT2D eigenvalue weighted by Crippen LogP contribution is -2.33. The second-order valence-electron chi connectivity index (χ2n) is 6.36. The Bertz CT molecular complexity index is 643. The smallest absolute Gasteiger partial charge is 0.241 e. The molecular weight excluding hydrogens is 296 g/mol. The average molecular weight is 318 g/mol. The van der Waals surface area contributed by atoms with Gasteiger partial charge in [-0.1, -0.05) is 61.9 Å². The third kappa shape index (κ3) is 4.11. The molecule has 0 aliphatic carbocycles. The van der Waals surface area contributed by atoms with E-state index in [0.29, 0.717) is 6.54 Å². The quantitative estimate of drug-likeness (QED) is 0.907. The summed E-state index contributed by atoms with van der Waals surface area (Å²) < 4.78 is 0. The van der Waals surface area contributed by atoms with Crippen molar-refractivity contribution in [3.05, 3.63) is 45.4 Å². The molecule has 0 saturated carbocycles. The molecule has 1 aromatic heterocycles. The van der Waals surface area contributed by atoms with E-state index in [9.17, 15) is 4.79 Å². The van der Waals surface area contributed by atoms with Gasteiger partial charge in [0.15, 0.2) is 0 Å². The highest BCUT2D eigenvalue weighted by Gasteiger charge is 2.20. The summed E-state index contributed by atoms with van der Waals surface area (Å²) in [7, 11) is 0. The van der Waals surface area contributed by atoms with Gasteiger partial charge in [-0.3, -0.25) is 4.79 Å². The molecule has 0 fully saturated rings. The van der Waals surface area contributed by atoms with E-state index < -0.39 is 6.04 Å². The molecule has 1 atom stereocenters. The number of nitrogens with one attached hydrogen (secondary N) is 1. The van der Waals surface area contributed by atoms with Crippen LogP contribution < -0.4 is 11.1 Å². The summed E-state index contributed by atoms with van der Waals surface area (Å²) in [6.45, 7) is 8.61. The van der Waals surface area contributed by atoms with Gasteiger partial charge in [-0.25, -0.2) is 0 Å². The van der Waals surface area contributed by atoms with Gasteiger partial charge < -0.3 is 11.1 Å². The Hall–Kier alpha value is -1.79. The van der Waals surface area contributed by atoms with E-state index in [2.05, 4.69) is 36.3 Å². The van der Waals surface area contributed by atoms with Crippen LogP contribution >= 0.6 is 11.3 Å². The normalized spacial score (nSPS) is 13.0. The van der Waals surface area contributed by atoms with Crippen molar-refractivity contribution in [3.63, 3.8) is 0 Å². The average Bonchev–Trinajstić information content (AvgIpc) is 2.94. The second kappa shape index (κ2) is 6.54. The molecular formula is C16H22N4OS. The third-order valence-corrected chi connectivity index (χ3v) is 4.59. The maximum absolute atomic E-state index is 12.1. The summed E-state index contributed by atoms with van der Waals surface area (Å²) >= 11 is 1.51. The second-order valence-corrected chi connectivity index (χ2v) is 7.42. The van der Waals surface area contributed by atoms with Crippen LogP contribution in [0.3, 0.4) is 0 Å². The van der Waals surface area contributed by atoms with Crippen molar-refractivity contribution in [2.75, 3.05) is 0 Å². The number of carbonyl (C=O) groups excluding carboxylic acids is 1. The lowest BCUT2D eigenvalue weighted by molar-refractivity contribution is -0.122. The highest BCUT2D eigenvalue weighted by Crippen LogP contribution is 2.25. The van der Waals surface area contributed by atoms with Gasteiger partial charge in [-0.2, -0.15) is 0 Å². The minimum Gasteiger partial charge on any atom is -0.348 e. The van der Waals surface area contributed by atoms with E-state index >= 15 is 0 Å². The lowest BCUT2D eigenvalue weighted by Gasteiger charge is -2.13. The number of benzene rings is 1. The zero-order chi connectivity index (χ0) is 16.3. The summed E-state index contributed by atoms with van der Waals surface area (Å²) in [6.07, 6.45) is 0. The molecule has 118 valence electrons. The molecule has 1 heterocycles. The van der Waals surface area contributed by atoms with Gasteiger partial charge in [0.1, 0.15) is 16.1 Å². The number of hydrogen-bond acceptors (Lipinski definition) is 5. The van der Waals surface area contributed by atoms with Crippen molar-refractivity contribution in [1.29, 1.82) is 0 Å². The summed E-state index contributed by atoms with van der Waals surface area (Å²) in [5.74, 6) is -0.212. The fraction of sp³-hybridized carbons (Fsp3) is 0.438. The van der Waals surface area contributed by atoms with Gasteiger partial charge in [0, 0.05) is 5.41 Å². The van der Waals surface area contributed by atoms with Crippen LogP contribution in [-0.4, -0.2) is 16.1 Å². The van der Waals surface area contributed by atoms with E-state index in [1.165, 1.54) is 11.3 Å². The van der Waals surface area contributed by atoms with E-state index in [0.717, 1.165) is 21.1 Å². The first-order valence-corrected chi connectivity index (χ1v) is 8.02. The number of nitrogens with zero attached hydrogens (tertiary/aromatic N) is 2. The number of nitrogens with two attached hydrogens (primary N) is 1. The fourth-order valence-corrected chi connectivity index (χ4v) is 2.66. The van der Waals surface area contributed by atoms with Crippen molar-refractivity contribution in [2.45, 2.75) is 45.7 Å². The van der Waals surface area contributed by atoms with E-state index in [1.807, 2.05) is 31.2 Å². The zero-order valence-corrected chi connectivity index (χ0v) is 14.2. The summed E-state index contributed by atoms with van der Waals surface area (Å²) in [4.78, 5) is 12.1. The van der Waals surface area contributed by atoms with Crippen LogP contribution in [0.2, 0.25) is 0 Å². The summed E-state index contributed by atoms with van der Waals surface area (Å²) in [5.41, 5.74) is 7.89. The molecule has 1 amide bonds. The van der Waals surface area contributed by atoms with Gasteiger partial charge in [-0.15, -0.1) is 10.2 Å². The Balaban J connectivity index is 1.95. The van der Waals surface area contributed by atoms with Gasteiger partial charge >= 0.3 is 0 Å². The predicted molar refractivity (Wildman–Crippen MR) is 88.6 cm³/mol. The van der Waals surface area contributed by atoms with Gasteiger partial charge in [0.25, 0.3) is 0 Å². The van der Waals surface area contributed by atoms with Gasteiger partial charge in [0.05, 0.1) is 6.54 Å². The molecule has 1 unspecified atom stereocenters. The predicted octanol–water partition coefficient (Wildman–Crippen LogP) is 2.46. The molecule has 0 radical (unpaired) electrons. The molecule has 6 heteroatoms. The van der Waals surface area contributed by atoms with Crippen LogP contribution in [0.4, 0.5) is 0 Å². The Morgan fingerprint density at radius 1 is 1.27 bits per heavy atom. The third-order valence-electron chi connectivity index (χ3n) is 3.24. The number of amides is 1. The number of rotatable bonds is 4. The van der Waals surface area contributed by atoms with Gasteiger partial charge in [-0.05, 0) is 12.5 Å². The number of carbonyl (C=O) groups is 1. The van der Waals surface area contributed by atoms with E-state index in [1.54, 1.807) is 0 Å². The highest BCUT2D eigenvalue weighted by atomic mass is 32.1. The minimum absolute atomic E-state index is 0.0295. The molecule has 0 saturated heterocycles. The molecule has 1 aromatic carbocycles. The molecule has 0 aliphatic heterocycles. The van der Waals surface area contributed by atoms with E-state index in [-0.39, 0.29) is 11.3 Å². The SMILES string of the molecule is Cc1ccc(C(N)C(=O)NCc2nnc(C(C)(C)C)s2)cc1. The summed E-state index contributed by atoms with van der Waals surface area (Å²) in [6, 6.07) is 6.98. The van der Waals surface area contributed by atoms with Crippen LogP contribution in [0.25, 0.3) is 0 Å². The molecule has 22 heavy (non-hydrogen) atoms. The number of aryl methyl sites for hydroxylation is 1. The standard InChI is InChI=1S/C16H22N4OS/c1-10-5-7-11(8-6-10)13(17)14(21)18-9-12-19-20-15(22-12)16(2,3)4/h5-8,13H,9,17H2,1-4H3,(H,18,21). The lowest BCUT2D eigenvalue weighted by atomic mass is 9.98. The maximum atomic E-state index is 12.1. The number of hydrogen-bond donors (Lipinski definition) is 2. The Morgan fingerprint density at radius 2 is 1.91 bits per heavy atom. The van der Waals surface area contributed by atoms with Crippen molar-refractivity contribution in [3.8, 4) is 0 Å². The number of aromatic nitrogens is 2.